The molecule has 2 aromatic rings. The Labute approximate surface area is 201 Å². The van der Waals surface area contributed by atoms with Crippen LogP contribution in [-0.4, -0.2) is 76.5 Å². The van der Waals surface area contributed by atoms with E-state index in [1.807, 2.05) is 12.1 Å². The molecule has 1 saturated heterocycles. The standard InChI is InChI=1S/C25H32N4O4S/c1-19-18-28(17-16-27(19)2)23-8-4-20(5-9-23)21-6-10-24(11-7-21)34(31,32)29-14-12-22(13-15-29)25(30)26-33-3/h4-12,19H,13-18H2,1-3H3,(H,26,30). The second-order valence-electron chi connectivity index (χ2n) is 8.82. The number of likely N-dealkylation sites (N-methyl/N-ethyl adjacent to an activating group) is 1. The Morgan fingerprint density at radius 2 is 1.65 bits per heavy atom. The quantitative estimate of drug-likeness (QED) is 0.635. The lowest BCUT2D eigenvalue weighted by Crippen LogP contribution is -2.50. The second kappa shape index (κ2) is 10.3. The maximum Gasteiger partial charge on any atom is 0.270 e. The van der Waals surface area contributed by atoms with Gasteiger partial charge in [-0.1, -0.05) is 30.3 Å². The molecule has 0 aliphatic carbocycles. The fourth-order valence-corrected chi connectivity index (χ4v) is 5.73. The van der Waals surface area contributed by atoms with Gasteiger partial charge in [-0.05, 0) is 55.8 Å². The largest absolute Gasteiger partial charge is 0.369 e. The number of carbonyl (C=O) groups is 1. The van der Waals surface area contributed by atoms with E-state index in [0.717, 1.165) is 30.8 Å². The molecule has 0 bridgehead atoms. The van der Waals surface area contributed by atoms with Crippen LogP contribution >= 0.6 is 0 Å². The molecule has 182 valence electrons. The van der Waals surface area contributed by atoms with Gasteiger partial charge in [0, 0.05) is 50.0 Å². The molecule has 8 nitrogen and oxygen atoms in total. The Balaban J connectivity index is 1.43. The molecule has 0 aromatic heterocycles. The van der Waals surface area contributed by atoms with Crippen LogP contribution in [0.1, 0.15) is 13.3 Å². The minimum atomic E-state index is -3.64. The molecule has 34 heavy (non-hydrogen) atoms. The van der Waals surface area contributed by atoms with Gasteiger partial charge in [0.25, 0.3) is 5.91 Å². The first-order valence-corrected chi connectivity index (χ1v) is 12.9. The number of nitrogens with zero attached hydrogens (tertiary/aromatic N) is 3. The summed E-state index contributed by atoms with van der Waals surface area (Å²) in [5.41, 5.74) is 6.02. The highest BCUT2D eigenvalue weighted by atomic mass is 32.2. The van der Waals surface area contributed by atoms with Crippen LogP contribution in [0, 0.1) is 0 Å². The third-order valence-electron chi connectivity index (χ3n) is 6.68. The Morgan fingerprint density at radius 3 is 2.21 bits per heavy atom. The summed E-state index contributed by atoms with van der Waals surface area (Å²) in [5.74, 6) is -0.336. The summed E-state index contributed by atoms with van der Waals surface area (Å²) in [5, 5.41) is 0. The summed E-state index contributed by atoms with van der Waals surface area (Å²) in [7, 11) is -0.111. The first-order chi connectivity index (χ1) is 16.3. The zero-order chi connectivity index (χ0) is 24.3. The Kier molecular flexibility index (Phi) is 7.37. The maximum absolute atomic E-state index is 13.1. The van der Waals surface area contributed by atoms with Crippen molar-refractivity contribution in [3.05, 3.63) is 60.2 Å². The number of anilines is 1. The Hall–Kier alpha value is -2.72. The number of rotatable bonds is 6. The third kappa shape index (κ3) is 5.17. The highest BCUT2D eigenvalue weighted by molar-refractivity contribution is 7.89. The van der Waals surface area contributed by atoms with Crippen molar-refractivity contribution in [1.82, 2.24) is 14.7 Å². The van der Waals surface area contributed by atoms with Gasteiger partial charge in [-0.2, -0.15) is 4.31 Å². The van der Waals surface area contributed by atoms with Crippen LogP contribution in [0.5, 0.6) is 0 Å². The molecule has 0 spiro atoms. The van der Waals surface area contributed by atoms with E-state index in [1.165, 1.54) is 17.1 Å². The van der Waals surface area contributed by atoms with Crippen molar-refractivity contribution in [2.24, 2.45) is 0 Å². The van der Waals surface area contributed by atoms with E-state index < -0.39 is 10.0 Å². The molecule has 1 N–H and O–H groups in total. The highest BCUT2D eigenvalue weighted by Gasteiger charge is 2.27. The molecule has 0 radical (unpaired) electrons. The molecule has 0 saturated carbocycles. The molecule has 1 amide bonds. The number of nitrogens with one attached hydrogen (secondary N) is 1. The second-order valence-corrected chi connectivity index (χ2v) is 10.8. The first-order valence-electron chi connectivity index (χ1n) is 11.5. The van der Waals surface area contributed by atoms with E-state index in [4.69, 9.17) is 0 Å². The highest BCUT2D eigenvalue weighted by Crippen LogP contribution is 2.27. The Morgan fingerprint density at radius 1 is 1.00 bits per heavy atom. The maximum atomic E-state index is 13.1. The number of amides is 1. The van der Waals surface area contributed by atoms with Crippen molar-refractivity contribution in [2.45, 2.75) is 24.3 Å². The number of sulfonamides is 1. The molecule has 1 fully saturated rings. The van der Waals surface area contributed by atoms with Crippen molar-refractivity contribution < 1.29 is 18.0 Å². The van der Waals surface area contributed by atoms with Crippen LogP contribution in [0.15, 0.2) is 65.1 Å². The van der Waals surface area contributed by atoms with Gasteiger partial charge in [0.2, 0.25) is 10.0 Å². The van der Waals surface area contributed by atoms with Gasteiger partial charge >= 0.3 is 0 Å². The minimum Gasteiger partial charge on any atom is -0.369 e. The van der Waals surface area contributed by atoms with Gasteiger partial charge in [-0.3, -0.25) is 9.63 Å². The molecular weight excluding hydrogens is 452 g/mol. The summed E-state index contributed by atoms with van der Waals surface area (Å²) in [6, 6.07) is 16.0. The van der Waals surface area contributed by atoms with Gasteiger partial charge < -0.3 is 9.80 Å². The summed E-state index contributed by atoms with van der Waals surface area (Å²) in [4.78, 5) is 21.5. The van der Waals surface area contributed by atoms with Crippen LogP contribution in [-0.2, 0) is 19.7 Å². The number of hydroxylamine groups is 1. The van der Waals surface area contributed by atoms with Crippen LogP contribution in [0.4, 0.5) is 5.69 Å². The monoisotopic (exact) mass is 484 g/mol. The lowest BCUT2D eigenvalue weighted by atomic mass is 10.0. The van der Waals surface area contributed by atoms with Crippen molar-refractivity contribution in [3.63, 3.8) is 0 Å². The SMILES string of the molecule is CONC(=O)C1=CCN(S(=O)(=O)c2ccc(-c3ccc(N4CCN(C)C(C)C4)cc3)cc2)CC1. The first kappa shape index (κ1) is 24.4. The number of hydrogen-bond donors (Lipinski definition) is 1. The Bertz CT molecular complexity index is 1150. The number of benzene rings is 2. The molecule has 1 atom stereocenters. The summed E-state index contributed by atoms with van der Waals surface area (Å²) >= 11 is 0. The fraction of sp³-hybridized carbons (Fsp3) is 0.400. The molecule has 4 rings (SSSR count). The van der Waals surface area contributed by atoms with Gasteiger partial charge in [-0.25, -0.2) is 13.9 Å². The van der Waals surface area contributed by atoms with Crippen LogP contribution in [0.25, 0.3) is 11.1 Å². The summed E-state index contributed by atoms with van der Waals surface area (Å²) < 4.78 is 27.5. The van der Waals surface area contributed by atoms with Crippen LogP contribution in [0.3, 0.4) is 0 Å². The topological polar surface area (TPSA) is 82.2 Å². The lowest BCUT2D eigenvalue weighted by molar-refractivity contribution is -0.127. The zero-order valence-electron chi connectivity index (χ0n) is 19.9. The third-order valence-corrected chi connectivity index (χ3v) is 8.56. The number of hydrogen-bond acceptors (Lipinski definition) is 6. The van der Waals surface area contributed by atoms with Crippen molar-refractivity contribution in [1.29, 1.82) is 0 Å². The summed E-state index contributed by atoms with van der Waals surface area (Å²) in [6.45, 7) is 5.71. The van der Waals surface area contributed by atoms with Crippen molar-refractivity contribution in [3.8, 4) is 11.1 Å². The predicted octanol–water partition coefficient (Wildman–Crippen LogP) is 2.49. The van der Waals surface area contributed by atoms with E-state index in [1.54, 1.807) is 18.2 Å². The normalized spacial score (nSPS) is 20.1. The number of piperazine rings is 1. The van der Waals surface area contributed by atoms with Gasteiger partial charge in [-0.15, -0.1) is 0 Å². The van der Waals surface area contributed by atoms with Crippen molar-refractivity contribution in [2.75, 3.05) is 51.8 Å². The average molecular weight is 485 g/mol. The van der Waals surface area contributed by atoms with E-state index in [2.05, 4.69) is 58.4 Å². The van der Waals surface area contributed by atoms with Crippen LogP contribution < -0.4 is 10.4 Å². The van der Waals surface area contributed by atoms with E-state index in [0.29, 0.717) is 18.0 Å². The molecule has 2 aliphatic heterocycles. The molecule has 1 unspecified atom stereocenters. The van der Waals surface area contributed by atoms with E-state index in [9.17, 15) is 13.2 Å². The van der Waals surface area contributed by atoms with E-state index in [-0.39, 0.29) is 23.9 Å². The zero-order valence-corrected chi connectivity index (χ0v) is 20.7. The molecule has 2 aromatic carbocycles. The molecule has 2 heterocycles. The van der Waals surface area contributed by atoms with Crippen molar-refractivity contribution >= 4 is 21.6 Å². The van der Waals surface area contributed by atoms with Gasteiger partial charge in [0.15, 0.2) is 0 Å². The van der Waals surface area contributed by atoms with Gasteiger partial charge in [0.1, 0.15) is 0 Å². The van der Waals surface area contributed by atoms with Gasteiger partial charge in [0.05, 0.1) is 12.0 Å². The smallest absolute Gasteiger partial charge is 0.270 e. The predicted molar refractivity (Wildman–Crippen MR) is 133 cm³/mol. The summed E-state index contributed by atoms with van der Waals surface area (Å²) in [6.07, 6.45) is 1.97. The molecular formula is C25H32N4O4S. The number of carbonyl (C=O) groups excluding carboxylic acids is 1. The molecule has 2 aliphatic rings. The fourth-order valence-electron chi connectivity index (χ4n) is 4.35. The van der Waals surface area contributed by atoms with E-state index >= 15 is 0 Å². The average Bonchev–Trinajstić information content (AvgIpc) is 2.86. The lowest BCUT2D eigenvalue weighted by Gasteiger charge is -2.39. The van der Waals surface area contributed by atoms with Crippen LogP contribution in [0.2, 0.25) is 0 Å². The molecule has 9 heteroatoms. The minimum absolute atomic E-state index is 0.156.